The SMILES string of the molecule is CC(C)(C)OC(=O)COc1c(Br)cc(C=O)cc1Br. The average Bonchev–Trinajstić information content (AvgIpc) is 2.25. The Morgan fingerprint density at radius 3 is 2.21 bits per heavy atom. The fourth-order valence-electron chi connectivity index (χ4n) is 1.29. The quantitative estimate of drug-likeness (QED) is 0.577. The van der Waals surface area contributed by atoms with E-state index in [9.17, 15) is 9.59 Å². The van der Waals surface area contributed by atoms with Crippen molar-refractivity contribution >= 4 is 44.1 Å². The number of aldehydes is 1. The fourth-order valence-corrected chi connectivity index (χ4v) is 2.74. The predicted octanol–water partition coefficient (Wildman–Crippen LogP) is 3.74. The van der Waals surface area contributed by atoms with Gasteiger partial charge in [0.1, 0.15) is 17.6 Å². The second-order valence-electron chi connectivity index (χ2n) is 4.81. The summed E-state index contributed by atoms with van der Waals surface area (Å²) in [7, 11) is 0. The number of carbonyl (C=O) groups is 2. The number of esters is 1. The monoisotopic (exact) mass is 392 g/mol. The third-order valence-corrected chi connectivity index (χ3v) is 3.09. The van der Waals surface area contributed by atoms with Crippen LogP contribution in [-0.4, -0.2) is 24.5 Å². The molecule has 0 radical (unpaired) electrons. The average molecular weight is 394 g/mol. The molecule has 19 heavy (non-hydrogen) atoms. The van der Waals surface area contributed by atoms with Gasteiger partial charge in [0.15, 0.2) is 6.61 Å². The summed E-state index contributed by atoms with van der Waals surface area (Å²) in [4.78, 5) is 22.2. The van der Waals surface area contributed by atoms with Gasteiger partial charge in [0.2, 0.25) is 0 Å². The van der Waals surface area contributed by atoms with E-state index in [2.05, 4.69) is 31.9 Å². The van der Waals surface area contributed by atoms with Gasteiger partial charge in [-0.2, -0.15) is 0 Å². The van der Waals surface area contributed by atoms with Gasteiger partial charge in [0.25, 0.3) is 0 Å². The summed E-state index contributed by atoms with van der Waals surface area (Å²) in [6, 6.07) is 3.23. The maximum Gasteiger partial charge on any atom is 0.344 e. The number of rotatable bonds is 4. The standard InChI is InChI=1S/C13H14Br2O4/c1-13(2,3)19-11(17)7-18-12-9(14)4-8(6-16)5-10(12)15/h4-6H,7H2,1-3H3. The van der Waals surface area contributed by atoms with Gasteiger partial charge in [-0.1, -0.05) is 0 Å². The summed E-state index contributed by atoms with van der Waals surface area (Å²) in [5, 5.41) is 0. The molecule has 0 fully saturated rings. The summed E-state index contributed by atoms with van der Waals surface area (Å²) in [6.07, 6.45) is 0.729. The topological polar surface area (TPSA) is 52.6 Å². The molecule has 1 aromatic rings. The third-order valence-electron chi connectivity index (χ3n) is 1.91. The van der Waals surface area contributed by atoms with Crippen LogP contribution in [0, 0.1) is 0 Å². The molecule has 104 valence electrons. The van der Waals surface area contributed by atoms with Crippen molar-refractivity contribution in [3.63, 3.8) is 0 Å². The molecule has 0 aromatic heterocycles. The second-order valence-corrected chi connectivity index (χ2v) is 6.52. The predicted molar refractivity (Wildman–Crippen MR) is 78.6 cm³/mol. The summed E-state index contributed by atoms with van der Waals surface area (Å²) in [5.41, 5.74) is -0.0422. The molecule has 0 spiro atoms. The van der Waals surface area contributed by atoms with E-state index in [1.54, 1.807) is 32.9 Å². The van der Waals surface area contributed by atoms with Crippen LogP contribution in [-0.2, 0) is 9.53 Å². The van der Waals surface area contributed by atoms with Gasteiger partial charge >= 0.3 is 5.97 Å². The molecule has 0 aliphatic rings. The number of hydrogen-bond donors (Lipinski definition) is 0. The molecule has 0 aliphatic heterocycles. The highest BCUT2D eigenvalue weighted by molar-refractivity contribution is 9.11. The van der Waals surface area contributed by atoms with Gasteiger partial charge in [-0.3, -0.25) is 4.79 Å². The van der Waals surface area contributed by atoms with Crippen molar-refractivity contribution in [3.05, 3.63) is 26.6 Å². The van der Waals surface area contributed by atoms with Crippen molar-refractivity contribution in [2.75, 3.05) is 6.61 Å². The number of halogens is 2. The molecule has 0 unspecified atom stereocenters. The number of ether oxygens (including phenoxy) is 2. The van der Waals surface area contributed by atoms with Gasteiger partial charge in [0.05, 0.1) is 8.95 Å². The van der Waals surface area contributed by atoms with Crippen LogP contribution in [0.25, 0.3) is 0 Å². The van der Waals surface area contributed by atoms with Crippen molar-refractivity contribution in [2.45, 2.75) is 26.4 Å². The molecule has 0 saturated heterocycles. The van der Waals surface area contributed by atoms with Crippen LogP contribution in [0.4, 0.5) is 0 Å². The molecular weight excluding hydrogens is 380 g/mol. The first-order valence-electron chi connectivity index (χ1n) is 5.52. The lowest BCUT2D eigenvalue weighted by Gasteiger charge is -2.19. The minimum absolute atomic E-state index is 0.199. The minimum Gasteiger partial charge on any atom is -0.480 e. The van der Waals surface area contributed by atoms with Crippen molar-refractivity contribution in [2.24, 2.45) is 0 Å². The van der Waals surface area contributed by atoms with Gasteiger partial charge < -0.3 is 9.47 Å². The van der Waals surface area contributed by atoms with Crippen LogP contribution in [0.5, 0.6) is 5.75 Å². The zero-order chi connectivity index (χ0) is 14.6. The van der Waals surface area contributed by atoms with Crippen LogP contribution in [0.2, 0.25) is 0 Å². The first-order chi connectivity index (χ1) is 8.73. The molecule has 0 saturated carbocycles. The first kappa shape index (κ1) is 16.2. The zero-order valence-corrected chi connectivity index (χ0v) is 14.0. The van der Waals surface area contributed by atoms with E-state index in [-0.39, 0.29) is 6.61 Å². The lowest BCUT2D eigenvalue weighted by molar-refractivity contribution is -0.157. The molecule has 1 rings (SSSR count). The van der Waals surface area contributed by atoms with Gasteiger partial charge in [0, 0.05) is 5.56 Å². The molecule has 6 heteroatoms. The van der Waals surface area contributed by atoms with Crippen LogP contribution < -0.4 is 4.74 Å². The lowest BCUT2D eigenvalue weighted by atomic mass is 10.2. The van der Waals surface area contributed by atoms with E-state index in [4.69, 9.17) is 9.47 Å². The van der Waals surface area contributed by atoms with E-state index >= 15 is 0 Å². The molecule has 1 aromatic carbocycles. The van der Waals surface area contributed by atoms with E-state index in [1.807, 2.05) is 0 Å². The number of hydrogen-bond acceptors (Lipinski definition) is 4. The Morgan fingerprint density at radius 1 is 1.26 bits per heavy atom. The first-order valence-corrected chi connectivity index (χ1v) is 7.10. The van der Waals surface area contributed by atoms with Gasteiger partial charge in [-0.05, 0) is 64.8 Å². The van der Waals surface area contributed by atoms with E-state index < -0.39 is 11.6 Å². The molecule has 0 N–H and O–H groups in total. The van der Waals surface area contributed by atoms with Crippen LogP contribution in [0.15, 0.2) is 21.1 Å². The maximum absolute atomic E-state index is 11.5. The minimum atomic E-state index is -0.545. The second kappa shape index (κ2) is 6.52. The molecule has 0 heterocycles. The number of carbonyl (C=O) groups excluding carboxylic acids is 2. The normalized spacial score (nSPS) is 11.0. The highest BCUT2D eigenvalue weighted by atomic mass is 79.9. The highest BCUT2D eigenvalue weighted by Crippen LogP contribution is 2.34. The van der Waals surface area contributed by atoms with Crippen molar-refractivity contribution in [1.82, 2.24) is 0 Å². The fraction of sp³-hybridized carbons (Fsp3) is 0.385. The Labute approximate surface area is 128 Å². The molecule has 0 atom stereocenters. The van der Waals surface area contributed by atoms with Crippen LogP contribution in [0.1, 0.15) is 31.1 Å². The Hall–Kier alpha value is -0.880. The van der Waals surface area contributed by atoms with Gasteiger partial charge in [-0.25, -0.2) is 4.79 Å². The lowest BCUT2D eigenvalue weighted by Crippen LogP contribution is -2.27. The van der Waals surface area contributed by atoms with Crippen LogP contribution in [0.3, 0.4) is 0 Å². The zero-order valence-electron chi connectivity index (χ0n) is 10.8. The Bertz CT molecular complexity index is 469. The van der Waals surface area contributed by atoms with E-state index in [1.165, 1.54) is 0 Å². The molecule has 0 aliphatic carbocycles. The summed E-state index contributed by atoms with van der Waals surface area (Å²) < 4.78 is 11.7. The Morgan fingerprint density at radius 2 is 1.79 bits per heavy atom. The Kier molecular flexibility index (Phi) is 5.55. The maximum atomic E-state index is 11.5. The number of benzene rings is 1. The van der Waals surface area contributed by atoms with Crippen molar-refractivity contribution in [3.8, 4) is 5.75 Å². The molecule has 4 nitrogen and oxygen atoms in total. The third kappa shape index (κ3) is 5.32. The summed E-state index contributed by atoms with van der Waals surface area (Å²) in [6.45, 7) is 5.16. The largest absolute Gasteiger partial charge is 0.480 e. The van der Waals surface area contributed by atoms with Crippen LogP contribution >= 0.6 is 31.9 Å². The van der Waals surface area contributed by atoms with E-state index in [0.29, 0.717) is 20.3 Å². The van der Waals surface area contributed by atoms with Gasteiger partial charge in [-0.15, -0.1) is 0 Å². The van der Waals surface area contributed by atoms with Crippen molar-refractivity contribution < 1.29 is 19.1 Å². The molecule has 0 bridgehead atoms. The Balaban J connectivity index is 2.73. The molecule has 0 amide bonds. The summed E-state index contributed by atoms with van der Waals surface area (Å²) >= 11 is 6.57. The summed E-state index contributed by atoms with van der Waals surface area (Å²) in [5.74, 6) is 0.00206. The van der Waals surface area contributed by atoms with Crippen molar-refractivity contribution in [1.29, 1.82) is 0 Å². The highest BCUT2D eigenvalue weighted by Gasteiger charge is 2.18. The van der Waals surface area contributed by atoms with E-state index in [0.717, 1.165) is 6.29 Å². The molecular formula is C13H14Br2O4. The smallest absolute Gasteiger partial charge is 0.344 e.